The molecule has 0 aliphatic heterocycles. The van der Waals surface area contributed by atoms with Gasteiger partial charge in [-0.25, -0.2) is 13.2 Å². The first-order valence-electron chi connectivity index (χ1n) is 6.62. The van der Waals surface area contributed by atoms with Crippen LogP contribution in [0.4, 0.5) is 5.69 Å². The topological polar surface area (TPSA) is 109 Å². The van der Waals surface area contributed by atoms with Crippen molar-refractivity contribution in [3.05, 3.63) is 58.6 Å². The number of aromatic nitrogens is 1. The molecule has 23 heavy (non-hydrogen) atoms. The Labute approximate surface area is 131 Å². The summed E-state index contributed by atoms with van der Waals surface area (Å²) in [4.78, 5) is 24.7. The molecule has 0 aliphatic rings. The van der Waals surface area contributed by atoms with E-state index in [-0.39, 0.29) is 16.3 Å². The second kappa shape index (κ2) is 5.40. The van der Waals surface area contributed by atoms with E-state index in [9.17, 15) is 18.0 Å². The zero-order valence-corrected chi connectivity index (χ0v) is 12.8. The number of aromatic amines is 1. The van der Waals surface area contributed by atoms with Gasteiger partial charge in [-0.05, 0) is 43.3 Å². The molecule has 3 rings (SSSR count). The van der Waals surface area contributed by atoms with Gasteiger partial charge in [0.1, 0.15) is 0 Å². The number of fused-ring (bicyclic) bond motifs is 1. The van der Waals surface area contributed by atoms with E-state index >= 15 is 0 Å². The second-order valence-corrected chi connectivity index (χ2v) is 6.59. The molecule has 0 atom stereocenters. The normalized spacial score (nSPS) is 11.5. The smallest absolute Gasteiger partial charge is 0.408 e. The Hall–Kier alpha value is -2.87. The van der Waals surface area contributed by atoms with Crippen molar-refractivity contribution in [2.75, 3.05) is 4.72 Å². The lowest BCUT2D eigenvalue weighted by Crippen LogP contribution is -2.12. The Morgan fingerprint density at radius 1 is 1.13 bits per heavy atom. The summed E-state index contributed by atoms with van der Waals surface area (Å²) < 4.78 is 32.0. The summed E-state index contributed by atoms with van der Waals surface area (Å²) in [5.74, 6) is -0.755. The van der Waals surface area contributed by atoms with Crippen LogP contribution in [0.15, 0.2) is 56.6 Å². The van der Waals surface area contributed by atoms with Crippen LogP contribution in [-0.4, -0.2) is 19.2 Å². The van der Waals surface area contributed by atoms with Gasteiger partial charge in [-0.1, -0.05) is 0 Å². The number of ketones is 1. The first-order valence-corrected chi connectivity index (χ1v) is 8.10. The maximum Gasteiger partial charge on any atom is 0.417 e. The molecular formula is C15H12N2O5S. The lowest BCUT2D eigenvalue weighted by molar-refractivity contribution is 0.101. The van der Waals surface area contributed by atoms with Gasteiger partial charge in [-0.2, -0.15) is 0 Å². The van der Waals surface area contributed by atoms with E-state index in [1.165, 1.54) is 49.4 Å². The van der Waals surface area contributed by atoms with Gasteiger partial charge in [0, 0.05) is 17.3 Å². The zero-order valence-electron chi connectivity index (χ0n) is 12.0. The Morgan fingerprint density at radius 3 is 2.48 bits per heavy atom. The van der Waals surface area contributed by atoms with Gasteiger partial charge in [0.15, 0.2) is 11.4 Å². The standard InChI is InChI=1S/C15H12N2O5S/c1-9(18)10-2-4-11(5-3-10)17-23(20,21)12-6-7-13-14(8-12)22-15(19)16-13/h2-8,17H,1H3,(H,16,19). The predicted octanol–water partition coefficient (Wildman–Crippen LogP) is 2.12. The molecule has 3 aromatic rings. The van der Waals surface area contributed by atoms with Gasteiger partial charge in [0.2, 0.25) is 0 Å². The third-order valence-electron chi connectivity index (χ3n) is 3.25. The Kier molecular flexibility index (Phi) is 3.53. The SMILES string of the molecule is CC(=O)c1ccc(NS(=O)(=O)c2ccc3[nH]c(=O)oc3c2)cc1. The number of Topliss-reactive ketones (excluding diaryl/α,β-unsaturated/α-hetero) is 1. The number of nitrogens with one attached hydrogen (secondary N) is 2. The number of oxazole rings is 1. The minimum atomic E-state index is -3.84. The highest BCUT2D eigenvalue weighted by Gasteiger charge is 2.16. The van der Waals surface area contributed by atoms with Crippen LogP contribution in [0.1, 0.15) is 17.3 Å². The van der Waals surface area contributed by atoms with Gasteiger partial charge in [-0.3, -0.25) is 14.5 Å². The van der Waals surface area contributed by atoms with Crippen molar-refractivity contribution in [2.24, 2.45) is 0 Å². The third-order valence-corrected chi connectivity index (χ3v) is 4.63. The molecular weight excluding hydrogens is 320 g/mol. The van der Waals surface area contributed by atoms with Crippen LogP contribution < -0.4 is 10.5 Å². The number of anilines is 1. The van der Waals surface area contributed by atoms with Gasteiger partial charge in [0.25, 0.3) is 10.0 Å². The molecule has 0 bridgehead atoms. The molecule has 0 spiro atoms. The van der Waals surface area contributed by atoms with Crippen molar-refractivity contribution in [3.8, 4) is 0 Å². The first kappa shape index (κ1) is 15.0. The molecule has 0 saturated carbocycles. The molecule has 0 amide bonds. The molecule has 0 aliphatic carbocycles. The lowest BCUT2D eigenvalue weighted by atomic mass is 10.1. The highest BCUT2D eigenvalue weighted by molar-refractivity contribution is 7.92. The first-order chi connectivity index (χ1) is 10.8. The fraction of sp³-hybridized carbons (Fsp3) is 0.0667. The maximum absolute atomic E-state index is 12.4. The minimum absolute atomic E-state index is 0.0385. The highest BCUT2D eigenvalue weighted by atomic mass is 32.2. The van der Waals surface area contributed by atoms with Crippen LogP contribution in [0.3, 0.4) is 0 Å². The lowest BCUT2D eigenvalue weighted by Gasteiger charge is -2.08. The van der Waals surface area contributed by atoms with Crippen LogP contribution >= 0.6 is 0 Å². The van der Waals surface area contributed by atoms with Crippen molar-refractivity contribution >= 4 is 32.6 Å². The molecule has 118 valence electrons. The van der Waals surface area contributed by atoms with Gasteiger partial charge >= 0.3 is 5.76 Å². The van der Waals surface area contributed by atoms with E-state index in [1.54, 1.807) is 0 Å². The number of sulfonamides is 1. The number of carbonyl (C=O) groups excluding carboxylic acids is 1. The molecule has 8 heteroatoms. The second-order valence-electron chi connectivity index (χ2n) is 4.91. The van der Waals surface area contributed by atoms with E-state index in [4.69, 9.17) is 4.42 Å². The van der Waals surface area contributed by atoms with Crippen molar-refractivity contribution < 1.29 is 17.6 Å². The van der Waals surface area contributed by atoms with Crippen molar-refractivity contribution in [1.82, 2.24) is 4.98 Å². The van der Waals surface area contributed by atoms with Crippen LogP contribution in [0.25, 0.3) is 11.1 Å². The molecule has 2 N–H and O–H groups in total. The van der Waals surface area contributed by atoms with E-state index in [2.05, 4.69) is 9.71 Å². The molecule has 0 unspecified atom stereocenters. The molecule has 0 radical (unpaired) electrons. The Morgan fingerprint density at radius 2 is 1.83 bits per heavy atom. The van der Waals surface area contributed by atoms with E-state index < -0.39 is 15.8 Å². The van der Waals surface area contributed by atoms with Crippen LogP contribution in [0, 0.1) is 0 Å². The Bertz CT molecular complexity index is 1050. The average molecular weight is 332 g/mol. The predicted molar refractivity (Wildman–Crippen MR) is 84.1 cm³/mol. The van der Waals surface area contributed by atoms with E-state index in [1.807, 2.05) is 0 Å². The fourth-order valence-electron chi connectivity index (χ4n) is 2.08. The largest absolute Gasteiger partial charge is 0.417 e. The number of rotatable bonds is 4. The number of hydrogen-bond acceptors (Lipinski definition) is 5. The summed E-state index contributed by atoms with van der Waals surface area (Å²) in [5, 5.41) is 0. The van der Waals surface area contributed by atoms with Crippen LogP contribution in [-0.2, 0) is 10.0 Å². The summed E-state index contributed by atoms with van der Waals surface area (Å²) in [6.07, 6.45) is 0. The highest BCUT2D eigenvalue weighted by Crippen LogP contribution is 2.20. The van der Waals surface area contributed by atoms with E-state index in [0.29, 0.717) is 16.8 Å². The van der Waals surface area contributed by atoms with Crippen molar-refractivity contribution in [2.45, 2.75) is 11.8 Å². The summed E-state index contributed by atoms with van der Waals surface area (Å²) in [5.41, 5.74) is 1.39. The van der Waals surface area contributed by atoms with Crippen LogP contribution in [0.5, 0.6) is 0 Å². The van der Waals surface area contributed by atoms with Crippen molar-refractivity contribution in [3.63, 3.8) is 0 Å². The summed E-state index contributed by atoms with van der Waals surface area (Å²) in [6.45, 7) is 1.43. The molecule has 2 aromatic carbocycles. The fourth-order valence-corrected chi connectivity index (χ4v) is 3.15. The van der Waals surface area contributed by atoms with Crippen LogP contribution in [0.2, 0.25) is 0 Å². The number of carbonyl (C=O) groups is 1. The molecule has 7 nitrogen and oxygen atoms in total. The van der Waals surface area contributed by atoms with Gasteiger partial charge < -0.3 is 4.42 Å². The van der Waals surface area contributed by atoms with E-state index in [0.717, 1.165) is 0 Å². The number of H-pyrrole nitrogens is 1. The molecule has 0 fully saturated rings. The number of benzene rings is 2. The summed E-state index contributed by atoms with van der Waals surface area (Å²) in [6, 6.07) is 10.2. The summed E-state index contributed by atoms with van der Waals surface area (Å²) in [7, 11) is -3.84. The molecule has 0 saturated heterocycles. The third kappa shape index (κ3) is 3.02. The molecule has 1 heterocycles. The average Bonchev–Trinajstić information content (AvgIpc) is 2.86. The van der Waals surface area contributed by atoms with Crippen molar-refractivity contribution in [1.29, 1.82) is 0 Å². The summed E-state index contributed by atoms with van der Waals surface area (Å²) >= 11 is 0. The zero-order chi connectivity index (χ0) is 16.6. The monoisotopic (exact) mass is 332 g/mol. The minimum Gasteiger partial charge on any atom is -0.408 e. The maximum atomic E-state index is 12.4. The molecule has 1 aromatic heterocycles. The van der Waals surface area contributed by atoms with Gasteiger partial charge in [0.05, 0.1) is 10.4 Å². The Balaban J connectivity index is 1.93. The number of hydrogen-bond donors (Lipinski definition) is 2. The van der Waals surface area contributed by atoms with Gasteiger partial charge in [-0.15, -0.1) is 0 Å². The quantitative estimate of drug-likeness (QED) is 0.711.